The second kappa shape index (κ2) is 7.01. The van der Waals surface area contributed by atoms with E-state index in [4.69, 9.17) is 19.1 Å². The summed E-state index contributed by atoms with van der Waals surface area (Å²) in [5.74, 6) is 1.36. The first kappa shape index (κ1) is 16.8. The lowest BCUT2D eigenvalue weighted by Crippen LogP contribution is -2.37. The molecule has 140 valence electrons. The fourth-order valence-electron chi connectivity index (χ4n) is 3.52. The molecular formula is C21H18N4O3. The molecule has 1 saturated heterocycles. The van der Waals surface area contributed by atoms with Crippen LogP contribution in [0.1, 0.15) is 5.56 Å². The highest BCUT2D eigenvalue weighted by Gasteiger charge is 2.22. The minimum absolute atomic E-state index is 0.366. The lowest BCUT2D eigenvalue weighted by Gasteiger charge is -2.27. The van der Waals surface area contributed by atoms with Gasteiger partial charge in [0.05, 0.1) is 18.6 Å². The van der Waals surface area contributed by atoms with Crippen LogP contribution < -0.4 is 4.90 Å². The predicted octanol–water partition coefficient (Wildman–Crippen LogP) is 3.02. The third-order valence-corrected chi connectivity index (χ3v) is 4.89. The molecule has 1 aliphatic heterocycles. The van der Waals surface area contributed by atoms with Crippen molar-refractivity contribution in [2.45, 2.75) is 6.42 Å². The first-order chi connectivity index (χ1) is 13.8. The normalized spacial score (nSPS) is 14.6. The van der Waals surface area contributed by atoms with Crippen LogP contribution in [0, 0.1) is 0 Å². The van der Waals surface area contributed by atoms with Gasteiger partial charge < -0.3 is 18.8 Å². The molecule has 28 heavy (non-hydrogen) atoms. The van der Waals surface area contributed by atoms with E-state index >= 15 is 0 Å². The predicted molar refractivity (Wildman–Crippen MR) is 105 cm³/mol. The fraction of sp³-hybridized carbons (Fsp3) is 0.238. The number of carbonyl (C=O) groups excluding carboxylic acids is 1. The van der Waals surface area contributed by atoms with Gasteiger partial charge in [-0.1, -0.05) is 18.2 Å². The van der Waals surface area contributed by atoms with Crippen molar-refractivity contribution in [1.82, 2.24) is 15.0 Å². The minimum Gasteiger partial charge on any atom is -0.432 e. The van der Waals surface area contributed by atoms with Gasteiger partial charge in [-0.15, -0.1) is 0 Å². The summed E-state index contributed by atoms with van der Waals surface area (Å²) in [6.07, 6.45) is 2.97. The summed E-state index contributed by atoms with van der Waals surface area (Å²) < 4.78 is 11.5. The highest BCUT2D eigenvalue weighted by atomic mass is 16.5. The number of rotatable bonds is 4. The van der Waals surface area contributed by atoms with Gasteiger partial charge in [0.15, 0.2) is 17.2 Å². The van der Waals surface area contributed by atoms with E-state index in [0.717, 1.165) is 47.2 Å². The van der Waals surface area contributed by atoms with Crippen LogP contribution in [0.5, 0.6) is 0 Å². The van der Waals surface area contributed by atoms with E-state index in [1.165, 1.54) is 0 Å². The molecule has 0 spiro atoms. The van der Waals surface area contributed by atoms with Gasteiger partial charge in [0.1, 0.15) is 11.8 Å². The quantitative estimate of drug-likeness (QED) is 0.508. The van der Waals surface area contributed by atoms with Gasteiger partial charge in [0.2, 0.25) is 5.71 Å². The van der Waals surface area contributed by atoms with Gasteiger partial charge in [-0.3, -0.25) is 0 Å². The lowest BCUT2D eigenvalue weighted by atomic mass is 10.1. The summed E-state index contributed by atoms with van der Waals surface area (Å²) in [7, 11) is 0. The van der Waals surface area contributed by atoms with Crippen LogP contribution >= 0.6 is 0 Å². The summed E-state index contributed by atoms with van der Waals surface area (Å²) in [6.45, 7) is 2.77. The first-order valence-corrected chi connectivity index (χ1v) is 9.24. The van der Waals surface area contributed by atoms with E-state index in [2.05, 4.69) is 9.88 Å². The average Bonchev–Trinajstić information content (AvgIpc) is 3.13. The zero-order valence-electron chi connectivity index (χ0n) is 15.2. The first-order valence-electron chi connectivity index (χ1n) is 9.24. The molecule has 0 atom stereocenters. The monoisotopic (exact) mass is 374 g/mol. The standard InChI is InChI=1S/C21H18N4O3/c26-10-6-14-3-1-4-15(13-14)19-23-17-16-5-2-7-22-21(16)28-18(17)20(24-19)25-8-11-27-12-9-25/h1-5,7,10,13H,6,8-9,11-12H2. The van der Waals surface area contributed by atoms with Crippen molar-refractivity contribution in [2.75, 3.05) is 31.2 Å². The molecule has 4 aromatic rings. The number of fused-ring (bicyclic) bond motifs is 3. The number of hydrogen-bond donors (Lipinski definition) is 0. The summed E-state index contributed by atoms with van der Waals surface area (Å²) in [6, 6.07) is 11.6. The van der Waals surface area contributed by atoms with Crippen LogP contribution in [0.3, 0.4) is 0 Å². The Labute approximate surface area is 161 Å². The van der Waals surface area contributed by atoms with Crippen LogP contribution in [-0.2, 0) is 16.0 Å². The number of benzene rings is 1. The molecule has 0 unspecified atom stereocenters. The van der Waals surface area contributed by atoms with Crippen molar-refractivity contribution in [3.05, 3.63) is 48.2 Å². The second-order valence-electron chi connectivity index (χ2n) is 6.68. The molecule has 3 aromatic heterocycles. The maximum atomic E-state index is 10.9. The van der Waals surface area contributed by atoms with Crippen molar-refractivity contribution in [3.63, 3.8) is 0 Å². The van der Waals surface area contributed by atoms with Gasteiger partial charge in [-0.2, -0.15) is 0 Å². The van der Waals surface area contributed by atoms with E-state index in [-0.39, 0.29) is 0 Å². The molecule has 5 rings (SSSR count). The number of nitrogens with zero attached hydrogens (tertiary/aromatic N) is 4. The molecule has 7 nitrogen and oxygen atoms in total. The van der Waals surface area contributed by atoms with Gasteiger partial charge in [-0.25, -0.2) is 15.0 Å². The Kier molecular flexibility index (Phi) is 4.21. The van der Waals surface area contributed by atoms with Crippen LogP contribution in [-0.4, -0.2) is 47.5 Å². The summed E-state index contributed by atoms with van der Waals surface area (Å²) in [5.41, 5.74) is 3.74. The summed E-state index contributed by atoms with van der Waals surface area (Å²) in [5, 5.41) is 0.861. The van der Waals surface area contributed by atoms with Crippen molar-refractivity contribution in [3.8, 4) is 11.4 Å². The topological polar surface area (TPSA) is 81.4 Å². The van der Waals surface area contributed by atoms with Gasteiger partial charge >= 0.3 is 0 Å². The summed E-state index contributed by atoms with van der Waals surface area (Å²) in [4.78, 5) is 27.0. The fourth-order valence-corrected chi connectivity index (χ4v) is 3.52. The van der Waals surface area contributed by atoms with Crippen LogP contribution in [0.4, 0.5) is 5.82 Å². The number of hydrogen-bond acceptors (Lipinski definition) is 7. The molecular weight excluding hydrogens is 356 g/mol. The molecule has 0 saturated carbocycles. The van der Waals surface area contributed by atoms with Crippen molar-refractivity contribution in [1.29, 1.82) is 0 Å². The number of furan rings is 1. The Bertz CT molecular complexity index is 1160. The van der Waals surface area contributed by atoms with E-state index in [1.807, 2.05) is 36.4 Å². The van der Waals surface area contributed by atoms with Crippen molar-refractivity contribution >= 4 is 34.3 Å². The van der Waals surface area contributed by atoms with Crippen molar-refractivity contribution < 1.29 is 13.9 Å². The Hall–Kier alpha value is -3.32. The van der Waals surface area contributed by atoms with Crippen molar-refractivity contribution in [2.24, 2.45) is 0 Å². The number of pyridine rings is 1. The zero-order chi connectivity index (χ0) is 18.9. The van der Waals surface area contributed by atoms with E-state index in [0.29, 0.717) is 36.8 Å². The van der Waals surface area contributed by atoms with E-state index < -0.39 is 0 Å². The number of carbonyl (C=O) groups is 1. The number of morpholine rings is 1. The lowest BCUT2D eigenvalue weighted by molar-refractivity contribution is -0.107. The molecule has 1 aromatic carbocycles. The van der Waals surface area contributed by atoms with Gasteiger partial charge in [0, 0.05) is 31.3 Å². The van der Waals surface area contributed by atoms with E-state index in [9.17, 15) is 4.79 Å². The minimum atomic E-state index is 0.366. The molecule has 0 bridgehead atoms. The molecule has 7 heteroatoms. The highest BCUT2D eigenvalue weighted by Crippen LogP contribution is 2.34. The molecule has 0 aliphatic carbocycles. The number of aldehydes is 1. The van der Waals surface area contributed by atoms with Crippen LogP contribution in [0.25, 0.3) is 33.6 Å². The Morgan fingerprint density at radius 2 is 2.00 bits per heavy atom. The molecule has 0 N–H and O–H groups in total. The molecule has 1 fully saturated rings. The average molecular weight is 374 g/mol. The van der Waals surface area contributed by atoms with Gasteiger partial charge in [0.25, 0.3) is 0 Å². The van der Waals surface area contributed by atoms with Crippen LogP contribution in [0.15, 0.2) is 47.0 Å². The second-order valence-corrected chi connectivity index (χ2v) is 6.68. The molecule has 0 amide bonds. The maximum absolute atomic E-state index is 10.9. The zero-order valence-corrected chi connectivity index (χ0v) is 15.2. The third kappa shape index (κ3) is 2.90. The van der Waals surface area contributed by atoms with Crippen LogP contribution in [0.2, 0.25) is 0 Å². The number of ether oxygens (including phenoxy) is 1. The molecule has 0 radical (unpaired) electrons. The Morgan fingerprint density at radius 3 is 2.86 bits per heavy atom. The highest BCUT2D eigenvalue weighted by molar-refractivity contribution is 6.05. The Balaban J connectivity index is 1.74. The number of aromatic nitrogens is 3. The largest absolute Gasteiger partial charge is 0.432 e. The van der Waals surface area contributed by atoms with E-state index in [1.54, 1.807) is 6.20 Å². The third-order valence-electron chi connectivity index (χ3n) is 4.89. The van der Waals surface area contributed by atoms with Gasteiger partial charge in [-0.05, 0) is 23.8 Å². The maximum Gasteiger partial charge on any atom is 0.229 e. The SMILES string of the molecule is O=CCc1cccc(-c2nc(N3CCOCC3)c3oc4ncccc4c3n2)c1. The number of anilines is 1. The molecule has 4 heterocycles. The Morgan fingerprint density at radius 1 is 1.11 bits per heavy atom. The summed E-state index contributed by atoms with van der Waals surface area (Å²) >= 11 is 0. The molecule has 1 aliphatic rings. The smallest absolute Gasteiger partial charge is 0.229 e.